The first-order valence-electron chi connectivity index (χ1n) is 6.84. The van der Waals surface area contributed by atoms with Gasteiger partial charge in [-0.05, 0) is 31.9 Å². The molecule has 1 aromatic carbocycles. The summed E-state index contributed by atoms with van der Waals surface area (Å²) < 4.78 is 0. The van der Waals surface area contributed by atoms with Crippen LogP contribution in [0.4, 0.5) is 10.5 Å². The minimum Gasteiger partial charge on any atom is -0.480 e. The molecule has 0 aliphatic carbocycles. The van der Waals surface area contributed by atoms with Crippen LogP contribution in [-0.4, -0.2) is 29.7 Å². The number of urea groups is 1. The van der Waals surface area contributed by atoms with Crippen molar-refractivity contribution in [2.24, 2.45) is 0 Å². The number of carboxylic acid groups (broad SMARTS) is 1. The second kappa shape index (κ2) is 7.53. The normalized spacial score (nSPS) is 10.4. The van der Waals surface area contributed by atoms with Crippen molar-refractivity contribution in [1.82, 2.24) is 5.32 Å². The average Bonchev–Trinajstić information content (AvgIpc) is 2.42. The van der Waals surface area contributed by atoms with Crippen LogP contribution in [0.15, 0.2) is 24.3 Å². The fourth-order valence-corrected chi connectivity index (χ4v) is 1.89. The van der Waals surface area contributed by atoms with Gasteiger partial charge < -0.3 is 10.4 Å². The summed E-state index contributed by atoms with van der Waals surface area (Å²) in [6, 6.07) is 6.91. The van der Waals surface area contributed by atoms with Gasteiger partial charge in [-0.3, -0.25) is 9.69 Å². The molecule has 0 spiro atoms. The number of carbonyl (C=O) groups is 2. The van der Waals surface area contributed by atoms with E-state index in [2.05, 4.69) is 5.32 Å². The monoisotopic (exact) mass is 278 g/mol. The zero-order valence-electron chi connectivity index (χ0n) is 12.2. The van der Waals surface area contributed by atoms with Crippen molar-refractivity contribution in [1.29, 1.82) is 0 Å². The third-order valence-corrected chi connectivity index (χ3v) is 3.20. The molecule has 0 atom stereocenters. The van der Waals surface area contributed by atoms with Gasteiger partial charge >= 0.3 is 12.0 Å². The first kappa shape index (κ1) is 16.0. The Hall–Kier alpha value is -2.04. The smallest absolute Gasteiger partial charge is 0.323 e. The number of nitrogens with zero attached hydrogens (tertiary/aromatic N) is 1. The molecule has 1 aromatic rings. The van der Waals surface area contributed by atoms with Crippen LogP contribution in [0.3, 0.4) is 0 Å². The summed E-state index contributed by atoms with van der Waals surface area (Å²) in [7, 11) is 0. The Morgan fingerprint density at radius 1 is 1.20 bits per heavy atom. The van der Waals surface area contributed by atoms with Crippen LogP contribution in [0, 0.1) is 6.92 Å². The predicted octanol–water partition coefficient (Wildman–Crippen LogP) is 2.78. The lowest BCUT2D eigenvalue weighted by molar-refractivity contribution is -0.135. The fraction of sp³-hybridized carbons (Fsp3) is 0.467. The third-order valence-electron chi connectivity index (χ3n) is 3.20. The van der Waals surface area contributed by atoms with E-state index in [9.17, 15) is 9.59 Å². The van der Waals surface area contributed by atoms with Crippen LogP contribution in [0.2, 0.25) is 0 Å². The molecule has 0 bridgehead atoms. The van der Waals surface area contributed by atoms with Crippen LogP contribution in [-0.2, 0) is 4.79 Å². The minimum atomic E-state index is -1.04. The molecule has 0 fully saturated rings. The molecule has 0 radical (unpaired) electrons. The molecule has 5 nitrogen and oxygen atoms in total. The maximum absolute atomic E-state index is 12.2. The zero-order chi connectivity index (χ0) is 15.1. The molecular formula is C15H22N2O3. The molecule has 2 N–H and O–H groups in total. The SMILES string of the molecule is CCC(CC)NC(=O)N(CC(=O)O)c1ccc(C)cc1. The zero-order valence-corrected chi connectivity index (χ0v) is 12.2. The molecule has 1 rings (SSSR count). The number of carbonyl (C=O) groups excluding carboxylic acids is 1. The van der Waals surface area contributed by atoms with Gasteiger partial charge in [0.25, 0.3) is 0 Å². The molecule has 0 heterocycles. The Morgan fingerprint density at radius 3 is 2.20 bits per heavy atom. The van der Waals surface area contributed by atoms with Crippen LogP contribution in [0.1, 0.15) is 32.3 Å². The molecule has 0 aliphatic rings. The van der Waals surface area contributed by atoms with E-state index in [1.807, 2.05) is 32.9 Å². The van der Waals surface area contributed by atoms with E-state index in [0.717, 1.165) is 18.4 Å². The minimum absolute atomic E-state index is 0.0595. The Kier molecular flexibility index (Phi) is 6.03. The van der Waals surface area contributed by atoms with Gasteiger partial charge in [-0.2, -0.15) is 0 Å². The summed E-state index contributed by atoms with van der Waals surface area (Å²) in [6.07, 6.45) is 1.63. The second-order valence-corrected chi connectivity index (χ2v) is 4.78. The molecule has 2 amide bonds. The van der Waals surface area contributed by atoms with Crippen LogP contribution in [0.5, 0.6) is 0 Å². The number of anilines is 1. The lowest BCUT2D eigenvalue weighted by Crippen LogP contribution is -2.46. The number of nitrogens with one attached hydrogen (secondary N) is 1. The molecule has 110 valence electrons. The number of carboxylic acids is 1. The van der Waals surface area contributed by atoms with Gasteiger partial charge in [-0.1, -0.05) is 31.5 Å². The Bertz CT molecular complexity index is 453. The van der Waals surface area contributed by atoms with Crippen molar-refractivity contribution in [3.8, 4) is 0 Å². The van der Waals surface area contributed by atoms with E-state index < -0.39 is 5.97 Å². The molecule has 0 aliphatic heterocycles. The Balaban J connectivity index is 2.91. The summed E-state index contributed by atoms with van der Waals surface area (Å²) in [4.78, 5) is 24.5. The van der Waals surface area contributed by atoms with Crippen molar-refractivity contribution < 1.29 is 14.7 Å². The standard InChI is InChI=1S/C15H22N2O3/c1-4-12(5-2)16-15(20)17(10-14(18)19)13-8-6-11(3)7-9-13/h6-9,12H,4-5,10H2,1-3H3,(H,16,20)(H,18,19). The van der Waals surface area contributed by atoms with Crippen molar-refractivity contribution in [3.05, 3.63) is 29.8 Å². The number of aryl methyl sites for hydroxylation is 1. The van der Waals surface area contributed by atoms with Gasteiger partial charge in [0.2, 0.25) is 0 Å². The van der Waals surface area contributed by atoms with Crippen LogP contribution >= 0.6 is 0 Å². The molecule has 0 aromatic heterocycles. The van der Waals surface area contributed by atoms with Crippen LogP contribution in [0.25, 0.3) is 0 Å². The summed E-state index contributed by atoms with van der Waals surface area (Å²) in [6.45, 7) is 5.56. The van der Waals surface area contributed by atoms with E-state index in [1.54, 1.807) is 12.1 Å². The van der Waals surface area contributed by atoms with Gasteiger partial charge in [0, 0.05) is 11.7 Å². The number of hydrogen-bond acceptors (Lipinski definition) is 2. The maximum atomic E-state index is 12.2. The van der Waals surface area contributed by atoms with Gasteiger partial charge in [0.05, 0.1) is 0 Å². The number of hydrogen-bond donors (Lipinski definition) is 2. The Labute approximate surface area is 119 Å². The first-order chi connectivity index (χ1) is 9.47. The molecule has 0 saturated heterocycles. The third kappa shape index (κ3) is 4.57. The molecular weight excluding hydrogens is 256 g/mol. The van der Waals surface area contributed by atoms with Gasteiger partial charge in [-0.15, -0.1) is 0 Å². The van der Waals surface area contributed by atoms with E-state index >= 15 is 0 Å². The molecule has 20 heavy (non-hydrogen) atoms. The van der Waals surface area contributed by atoms with Crippen molar-refractivity contribution >= 4 is 17.7 Å². The average molecular weight is 278 g/mol. The molecule has 5 heteroatoms. The highest BCUT2D eigenvalue weighted by Crippen LogP contribution is 2.15. The first-order valence-corrected chi connectivity index (χ1v) is 6.84. The van der Waals surface area contributed by atoms with Crippen molar-refractivity contribution in [2.45, 2.75) is 39.7 Å². The summed E-state index contributed by atoms with van der Waals surface area (Å²) in [5.74, 6) is -1.04. The van der Waals surface area contributed by atoms with E-state index in [1.165, 1.54) is 4.90 Å². The number of rotatable bonds is 6. The lowest BCUT2D eigenvalue weighted by Gasteiger charge is -2.24. The highest BCUT2D eigenvalue weighted by atomic mass is 16.4. The van der Waals surface area contributed by atoms with Crippen molar-refractivity contribution in [2.75, 3.05) is 11.4 Å². The highest BCUT2D eigenvalue weighted by Gasteiger charge is 2.20. The van der Waals surface area contributed by atoms with E-state index in [-0.39, 0.29) is 18.6 Å². The Morgan fingerprint density at radius 2 is 1.75 bits per heavy atom. The summed E-state index contributed by atoms with van der Waals surface area (Å²) in [5.41, 5.74) is 1.64. The van der Waals surface area contributed by atoms with Gasteiger partial charge in [-0.25, -0.2) is 4.79 Å². The van der Waals surface area contributed by atoms with Crippen molar-refractivity contribution in [3.63, 3.8) is 0 Å². The summed E-state index contributed by atoms with van der Waals surface area (Å²) in [5, 5.41) is 11.8. The largest absolute Gasteiger partial charge is 0.480 e. The topological polar surface area (TPSA) is 69.6 Å². The number of amides is 2. The summed E-state index contributed by atoms with van der Waals surface area (Å²) >= 11 is 0. The van der Waals surface area contributed by atoms with Crippen LogP contribution < -0.4 is 10.2 Å². The highest BCUT2D eigenvalue weighted by molar-refractivity contribution is 5.96. The fourth-order valence-electron chi connectivity index (χ4n) is 1.89. The number of aliphatic carboxylic acids is 1. The molecule has 0 saturated carbocycles. The van der Waals surface area contributed by atoms with Gasteiger partial charge in [0.1, 0.15) is 6.54 Å². The lowest BCUT2D eigenvalue weighted by atomic mass is 10.2. The quantitative estimate of drug-likeness (QED) is 0.840. The van der Waals surface area contributed by atoms with E-state index in [0.29, 0.717) is 5.69 Å². The second-order valence-electron chi connectivity index (χ2n) is 4.78. The number of benzene rings is 1. The predicted molar refractivity (Wildman–Crippen MR) is 79.1 cm³/mol. The molecule has 0 unspecified atom stereocenters. The maximum Gasteiger partial charge on any atom is 0.323 e. The van der Waals surface area contributed by atoms with E-state index in [4.69, 9.17) is 5.11 Å². The van der Waals surface area contributed by atoms with Gasteiger partial charge in [0.15, 0.2) is 0 Å².